The maximum absolute atomic E-state index is 6.23. The molecule has 0 aromatic heterocycles. The number of hydrogen-bond acceptors (Lipinski definition) is 3. The van der Waals surface area contributed by atoms with Gasteiger partial charge in [0.25, 0.3) is 0 Å². The normalized spacial score (nSPS) is 10.2. The number of ether oxygens (including phenoxy) is 2. The molecule has 2 aromatic carbocycles. The fourth-order valence-electron chi connectivity index (χ4n) is 1.89. The quantitative estimate of drug-likeness (QED) is 0.892. The number of benzene rings is 2. The fourth-order valence-corrected chi connectivity index (χ4v) is 2.11. The molecule has 0 aliphatic heterocycles. The summed E-state index contributed by atoms with van der Waals surface area (Å²) in [6.45, 7) is 2.78. The Morgan fingerprint density at radius 1 is 1.00 bits per heavy atom. The first-order valence-electron chi connectivity index (χ1n) is 6.35. The van der Waals surface area contributed by atoms with Gasteiger partial charge >= 0.3 is 0 Å². The Morgan fingerprint density at radius 2 is 1.60 bits per heavy atom. The molecule has 0 fully saturated rings. The van der Waals surface area contributed by atoms with Crippen LogP contribution in [0.1, 0.15) is 11.1 Å². The molecule has 106 valence electrons. The van der Waals surface area contributed by atoms with Gasteiger partial charge in [-0.3, -0.25) is 0 Å². The van der Waals surface area contributed by atoms with Crippen molar-refractivity contribution in [1.82, 2.24) is 0 Å². The molecule has 3 nitrogen and oxygen atoms in total. The van der Waals surface area contributed by atoms with Crippen LogP contribution in [0.4, 0.5) is 5.69 Å². The van der Waals surface area contributed by atoms with Gasteiger partial charge < -0.3 is 14.8 Å². The van der Waals surface area contributed by atoms with Gasteiger partial charge in [-0.25, -0.2) is 0 Å². The molecule has 0 saturated heterocycles. The lowest BCUT2D eigenvalue weighted by Crippen LogP contribution is -2.01. The lowest BCUT2D eigenvalue weighted by Gasteiger charge is -2.13. The summed E-state index contributed by atoms with van der Waals surface area (Å²) < 4.78 is 10.5. The van der Waals surface area contributed by atoms with Crippen molar-refractivity contribution in [2.24, 2.45) is 0 Å². The van der Waals surface area contributed by atoms with E-state index in [-0.39, 0.29) is 0 Å². The lowest BCUT2D eigenvalue weighted by molar-refractivity contribution is 0.355. The topological polar surface area (TPSA) is 30.5 Å². The largest absolute Gasteiger partial charge is 0.493 e. The standard InChI is InChI=1S/C16H18ClNO2/c1-11-4-6-12(7-5-11)10-18-14-9-16(20-3)15(19-2)8-13(14)17/h4-9,18H,10H2,1-3H3. The highest BCUT2D eigenvalue weighted by Gasteiger charge is 2.09. The second-order valence-corrected chi connectivity index (χ2v) is 4.93. The molecule has 0 bridgehead atoms. The van der Waals surface area contributed by atoms with Gasteiger partial charge in [0.05, 0.1) is 24.9 Å². The van der Waals surface area contributed by atoms with Crippen molar-refractivity contribution in [3.05, 3.63) is 52.5 Å². The number of halogens is 1. The Bertz CT molecular complexity index is 582. The van der Waals surface area contributed by atoms with Crippen molar-refractivity contribution in [2.75, 3.05) is 19.5 Å². The second-order valence-electron chi connectivity index (χ2n) is 4.53. The Morgan fingerprint density at radius 3 is 2.20 bits per heavy atom. The van der Waals surface area contributed by atoms with Crippen LogP contribution in [0, 0.1) is 6.92 Å². The van der Waals surface area contributed by atoms with E-state index in [0.717, 1.165) is 5.69 Å². The molecule has 0 saturated carbocycles. The number of anilines is 1. The van der Waals surface area contributed by atoms with Gasteiger partial charge in [0, 0.05) is 18.7 Å². The first kappa shape index (κ1) is 14.5. The zero-order chi connectivity index (χ0) is 14.5. The first-order valence-corrected chi connectivity index (χ1v) is 6.72. The average molecular weight is 292 g/mol. The highest BCUT2D eigenvalue weighted by molar-refractivity contribution is 6.33. The van der Waals surface area contributed by atoms with Crippen LogP contribution >= 0.6 is 11.6 Å². The molecule has 0 radical (unpaired) electrons. The van der Waals surface area contributed by atoms with Gasteiger partial charge in [-0.05, 0) is 12.5 Å². The summed E-state index contributed by atoms with van der Waals surface area (Å²) in [7, 11) is 3.20. The van der Waals surface area contributed by atoms with Crippen LogP contribution in [0.2, 0.25) is 5.02 Å². The van der Waals surface area contributed by atoms with E-state index in [0.29, 0.717) is 23.1 Å². The zero-order valence-electron chi connectivity index (χ0n) is 11.9. The van der Waals surface area contributed by atoms with E-state index in [1.807, 2.05) is 6.07 Å². The maximum atomic E-state index is 6.23. The third-order valence-corrected chi connectivity index (χ3v) is 3.39. The summed E-state index contributed by atoms with van der Waals surface area (Å²) in [6, 6.07) is 12.0. The van der Waals surface area contributed by atoms with Gasteiger partial charge in [-0.2, -0.15) is 0 Å². The minimum absolute atomic E-state index is 0.606. The monoisotopic (exact) mass is 291 g/mol. The number of nitrogens with one attached hydrogen (secondary N) is 1. The SMILES string of the molecule is COc1cc(Cl)c(NCc2ccc(C)cc2)cc1OC. The van der Waals surface area contributed by atoms with E-state index in [9.17, 15) is 0 Å². The molecule has 0 atom stereocenters. The van der Waals surface area contributed by atoms with Crippen molar-refractivity contribution in [2.45, 2.75) is 13.5 Å². The molecule has 0 spiro atoms. The second kappa shape index (κ2) is 6.53. The summed E-state index contributed by atoms with van der Waals surface area (Å²) in [4.78, 5) is 0. The molecule has 2 rings (SSSR count). The molecule has 0 aliphatic rings. The minimum Gasteiger partial charge on any atom is -0.493 e. The van der Waals surface area contributed by atoms with Crippen molar-refractivity contribution in [1.29, 1.82) is 0 Å². The smallest absolute Gasteiger partial charge is 0.162 e. The van der Waals surface area contributed by atoms with Crippen molar-refractivity contribution in [3.63, 3.8) is 0 Å². The van der Waals surface area contributed by atoms with Crippen LogP contribution < -0.4 is 14.8 Å². The predicted octanol–water partition coefficient (Wildman–Crippen LogP) is 4.28. The molecule has 0 unspecified atom stereocenters. The maximum Gasteiger partial charge on any atom is 0.162 e. The van der Waals surface area contributed by atoms with Crippen LogP contribution in [0.3, 0.4) is 0 Å². The van der Waals surface area contributed by atoms with Crippen molar-refractivity contribution >= 4 is 17.3 Å². The van der Waals surface area contributed by atoms with Crippen molar-refractivity contribution in [3.8, 4) is 11.5 Å². The fraction of sp³-hybridized carbons (Fsp3) is 0.250. The zero-order valence-corrected chi connectivity index (χ0v) is 12.6. The summed E-state index contributed by atoms with van der Waals surface area (Å²) in [5, 5.41) is 3.91. The predicted molar refractivity (Wildman–Crippen MR) is 83.1 cm³/mol. The third-order valence-electron chi connectivity index (χ3n) is 3.08. The third kappa shape index (κ3) is 3.36. The number of rotatable bonds is 5. The number of methoxy groups -OCH3 is 2. The van der Waals surface area contributed by atoms with E-state index >= 15 is 0 Å². The molecule has 4 heteroatoms. The Balaban J connectivity index is 2.14. The molecule has 1 N–H and O–H groups in total. The van der Waals surface area contributed by atoms with E-state index in [1.165, 1.54) is 11.1 Å². The Labute approximate surface area is 124 Å². The molecule has 0 heterocycles. The van der Waals surface area contributed by atoms with Crippen LogP contribution in [-0.4, -0.2) is 14.2 Å². The van der Waals surface area contributed by atoms with Gasteiger partial charge in [-0.1, -0.05) is 41.4 Å². The Kier molecular flexibility index (Phi) is 4.74. The van der Waals surface area contributed by atoms with Gasteiger partial charge in [0.1, 0.15) is 0 Å². The lowest BCUT2D eigenvalue weighted by atomic mass is 10.1. The van der Waals surface area contributed by atoms with E-state index < -0.39 is 0 Å². The van der Waals surface area contributed by atoms with Gasteiger partial charge in [0.2, 0.25) is 0 Å². The summed E-state index contributed by atoms with van der Waals surface area (Å²) >= 11 is 6.23. The molecular formula is C16H18ClNO2. The summed E-state index contributed by atoms with van der Waals surface area (Å²) in [5.41, 5.74) is 3.27. The van der Waals surface area contributed by atoms with Crippen LogP contribution in [0.25, 0.3) is 0 Å². The van der Waals surface area contributed by atoms with E-state index in [1.54, 1.807) is 20.3 Å². The Hall–Kier alpha value is -1.87. The summed E-state index contributed by atoms with van der Waals surface area (Å²) in [5.74, 6) is 1.28. The summed E-state index contributed by atoms with van der Waals surface area (Å²) in [6.07, 6.45) is 0. The number of aryl methyl sites for hydroxylation is 1. The van der Waals surface area contributed by atoms with Crippen LogP contribution in [0.15, 0.2) is 36.4 Å². The van der Waals surface area contributed by atoms with Gasteiger partial charge in [0.15, 0.2) is 11.5 Å². The van der Waals surface area contributed by atoms with Crippen LogP contribution in [-0.2, 0) is 6.54 Å². The molecule has 20 heavy (non-hydrogen) atoms. The van der Waals surface area contributed by atoms with Crippen LogP contribution in [0.5, 0.6) is 11.5 Å². The molecular weight excluding hydrogens is 274 g/mol. The number of hydrogen-bond donors (Lipinski definition) is 1. The van der Waals surface area contributed by atoms with E-state index in [4.69, 9.17) is 21.1 Å². The first-order chi connectivity index (χ1) is 9.63. The average Bonchev–Trinajstić information content (AvgIpc) is 2.47. The van der Waals surface area contributed by atoms with Crippen molar-refractivity contribution < 1.29 is 9.47 Å². The van der Waals surface area contributed by atoms with Gasteiger partial charge in [-0.15, -0.1) is 0 Å². The minimum atomic E-state index is 0.606. The van der Waals surface area contributed by atoms with E-state index in [2.05, 4.69) is 36.5 Å². The highest BCUT2D eigenvalue weighted by atomic mass is 35.5. The molecule has 0 aliphatic carbocycles. The highest BCUT2D eigenvalue weighted by Crippen LogP contribution is 2.36. The molecule has 0 amide bonds. The molecule has 2 aromatic rings.